The molecule has 0 bridgehead atoms. The Morgan fingerprint density at radius 1 is 1.17 bits per heavy atom. The van der Waals surface area contributed by atoms with Crippen LogP contribution in [0.3, 0.4) is 0 Å². The number of carbonyl (C=O) groups excluding carboxylic acids is 1. The smallest absolute Gasteiger partial charge is 0.252 e. The fourth-order valence-electron chi connectivity index (χ4n) is 2.42. The normalized spacial score (nSPS) is 16.7. The van der Waals surface area contributed by atoms with E-state index in [0.717, 1.165) is 16.2 Å². The molecule has 1 fully saturated rings. The summed E-state index contributed by atoms with van der Waals surface area (Å²) in [6, 6.07) is 6.96. The van der Waals surface area contributed by atoms with Gasteiger partial charge < -0.3 is 4.90 Å². The Hall–Kier alpha value is -0.930. The van der Waals surface area contributed by atoms with E-state index in [2.05, 4.69) is 0 Å². The first-order valence-electron chi connectivity index (χ1n) is 7.02. The van der Waals surface area contributed by atoms with E-state index in [9.17, 15) is 13.2 Å². The third-order valence-electron chi connectivity index (χ3n) is 3.64. The minimum Gasteiger partial charge on any atom is -0.340 e. The Balaban J connectivity index is 1.61. The first-order valence-corrected chi connectivity index (χ1v) is 10.5. The van der Waals surface area contributed by atoms with Crippen molar-refractivity contribution >= 4 is 50.2 Å². The second kappa shape index (κ2) is 6.90. The topological polar surface area (TPSA) is 57.7 Å². The largest absolute Gasteiger partial charge is 0.340 e. The van der Waals surface area contributed by atoms with Crippen molar-refractivity contribution in [2.24, 2.45) is 0 Å². The van der Waals surface area contributed by atoms with Crippen LogP contribution in [0.1, 0.15) is 4.88 Å². The van der Waals surface area contributed by atoms with Gasteiger partial charge in [0.05, 0.1) is 10.8 Å². The molecular formula is C14H15ClN2O3S3. The number of amides is 1. The number of rotatable bonds is 4. The molecular weight excluding hydrogens is 376 g/mol. The van der Waals surface area contributed by atoms with E-state index in [1.807, 2.05) is 17.5 Å². The van der Waals surface area contributed by atoms with Crippen LogP contribution in [0.4, 0.5) is 0 Å². The lowest BCUT2D eigenvalue weighted by atomic mass is 10.3. The van der Waals surface area contributed by atoms with Gasteiger partial charge in [0.15, 0.2) is 0 Å². The van der Waals surface area contributed by atoms with Crippen LogP contribution in [0.15, 0.2) is 33.9 Å². The molecule has 0 radical (unpaired) electrons. The van der Waals surface area contributed by atoms with Crippen molar-refractivity contribution in [1.82, 2.24) is 9.21 Å². The molecule has 3 rings (SSSR count). The molecule has 1 saturated heterocycles. The Bertz CT molecular complexity index is 778. The molecule has 3 heterocycles. The predicted molar refractivity (Wildman–Crippen MR) is 92.7 cm³/mol. The molecule has 1 amide bonds. The minimum absolute atomic E-state index is 0.0451. The highest BCUT2D eigenvalue weighted by molar-refractivity contribution is 7.91. The number of nitrogens with zero attached hydrogens (tertiary/aromatic N) is 2. The standard InChI is InChI=1S/C14H15ClN2O3S3/c15-12-3-4-14(22-12)23(19,20)17-7-5-16(6-8-17)13(18)10-11-2-1-9-21-11/h1-4,9H,5-8,10H2. The van der Waals surface area contributed by atoms with E-state index < -0.39 is 10.0 Å². The summed E-state index contributed by atoms with van der Waals surface area (Å²) in [5, 5.41) is 1.94. The molecule has 0 saturated carbocycles. The molecule has 2 aromatic heterocycles. The summed E-state index contributed by atoms with van der Waals surface area (Å²) in [7, 11) is -3.51. The van der Waals surface area contributed by atoms with E-state index in [-0.39, 0.29) is 10.1 Å². The third-order valence-corrected chi connectivity index (χ3v) is 8.11. The van der Waals surface area contributed by atoms with Crippen LogP contribution in [0.5, 0.6) is 0 Å². The van der Waals surface area contributed by atoms with Crippen LogP contribution >= 0.6 is 34.3 Å². The minimum atomic E-state index is -3.51. The molecule has 1 aliphatic heterocycles. The van der Waals surface area contributed by atoms with Gasteiger partial charge in [0.25, 0.3) is 10.0 Å². The number of sulfonamides is 1. The van der Waals surface area contributed by atoms with Gasteiger partial charge in [-0.3, -0.25) is 4.79 Å². The molecule has 5 nitrogen and oxygen atoms in total. The molecule has 2 aromatic rings. The maximum Gasteiger partial charge on any atom is 0.252 e. The number of halogens is 1. The molecule has 0 N–H and O–H groups in total. The van der Waals surface area contributed by atoms with Crippen molar-refractivity contribution in [2.45, 2.75) is 10.6 Å². The Labute approximate surface area is 148 Å². The van der Waals surface area contributed by atoms with Crippen LogP contribution in [0.2, 0.25) is 4.34 Å². The third kappa shape index (κ3) is 3.77. The summed E-state index contributed by atoms with van der Waals surface area (Å²) in [5.41, 5.74) is 0. The fraction of sp³-hybridized carbons (Fsp3) is 0.357. The maximum absolute atomic E-state index is 12.5. The summed E-state index contributed by atoms with van der Waals surface area (Å²) < 4.78 is 27.1. The van der Waals surface area contributed by atoms with Crippen molar-refractivity contribution in [3.63, 3.8) is 0 Å². The van der Waals surface area contributed by atoms with Gasteiger partial charge in [-0.25, -0.2) is 8.42 Å². The van der Waals surface area contributed by atoms with E-state index in [4.69, 9.17) is 11.6 Å². The molecule has 0 aliphatic carbocycles. The highest BCUT2D eigenvalue weighted by atomic mass is 35.5. The maximum atomic E-state index is 12.5. The number of piperazine rings is 1. The second-order valence-corrected chi connectivity index (χ2v) is 10.0. The lowest BCUT2D eigenvalue weighted by Gasteiger charge is -2.33. The Kier molecular flexibility index (Phi) is 5.07. The summed E-state index contributed by atoms with van der Waals surface area (Å²) >= 11 is 8.43. The van der Waals surface area contributed by atoms with Crippen LogP contribution in [0.25, 0.3) is 0 Å². The van der Waals surface area contributed by atoms with Crippen LogP contribution in [-0.4, -0.2) is 49.7 Å². The highest BCUT2D eigenvalue weighted by Crippen LogP contribution is 2.28. The molecule has 9 heteroatoms. The Morgan fingerprint density at radius 2 is 1.91 bits per heavy atom. The molecule has 0 spiro atoms. The van der Waals surface area contributed by atoms with E-state index in [0.29, 0.717) is 36.9 Å². The van der Waals surface area contributed by atoms with Crippen LogP contribution < -0.4 is 0 Å². The van der Waals surface area contributed by atoms with E-state index in [1.54, 1.807) is 22.3 Å². The van der Waals surface area contributed by atoms with Crippen LogP contribution in [-0.2, 0) is 21.2 Å². The predicted octanol–water partition coefficient (Wildman–Crippen LogP) is 2.54. The average molecular weight is 391 g/mol. The van der Waals surface area contributed by atoms with Crippen molar-refractivity contribution in [3.05, 3.63) is 38.9 Å². The number of carbonyl (C=O) groups is 1. The summed E-state index contributed by atoms with van der Waals surface area (Å²) in [6.45, 7) is 1.47. The Morgan fingerprint density at radius 3 is 2.48 bits per heavy atom. The lowest BCUT2D eigenvalue weighted by Crippen LogP contribution is -2.50. The fourth-order valence-corrected chi connectivity index (χ4v) is 6.17. The first kappa shape index (κ1) is 16.9. The summed E-state index contributed by atoms with van der Waals surface area (Å²) in [6.07, 6.45) is 0.380. The van der Waals surface area contributed by atoms with E-state index >= 15 is 0 Å². The van der Waals surface area contributed by atoms with Gasteiger partial charge in [0.2, 0.25) is 5.91 Å². The lowest BCUT2D eigenvalue weighted by molar-refractivity contribution is -0.131. The van der Waals surface area contributed by atoms with Crippen molar-refractivity contribution in [2.75, 3.05) is 26.2 Å². The van der Waals surface area contributed by atoms with Crippen LogP contribution in [0, 0.1) is 0 Å². The number of hydrogen-bond donors (Lipinski definition) is 0. The van der Waals surface area contributed by atoms with Crippen molar-refractivity contribution in [3.8, 4) is 0 Å². The quantitative estimate of drug-likeness (QED) is 0.806. The van der Waals surface area contributed by atoms with Gasteiger partial charge >= 0.3 is 0 Å². The number of hydrogen-bond acceptors (Lipinski definition) is 5. The zero-order valence-corrected chi connectivity index (χ0v) is 15.3. The molecule has 0 atom stereocenters. The highest BCUT2D eigenvalue weighted by Gasteiger charge is 2.31. The molecule has 0 unspecified atom stereocenters. The van der Waals surface area contributed by atoms with Crippen molar-refractivity contribution in [1.29, 1.82) is 0 Å². The number of thiophene rings is 2. The van der Waals surface area contributed by atoms with E-state index in [1.165, 1.54) is 10.4 Å². The van der Waals surface area contributed by atoms with Gasteiger partial charge in [0, 0.05) is 31.1 Å². The zero-order valence-electron chi connectivity index (χ0n) is 12.1. The monoisotopic (exact) mass is 390 g/mol. The van der Waals surface area contributed by atoms with Gasteiger partial charge in [-0.2, -0.15) is 4.31 Å². The zero-order chi connectivity index (χ0) is 16.4. The average Bonchev–Trinajstić information content (AvgIpc) is 3.19. The summed E-state index contributed by atoms with van der Waals surface area (Å²) in [5.74, 6) is 0.0451. The molecule has 124 valence electrons. The molecule has 1 aliphatic rings. The molecule has 0 aromatic carbocycles. The SMILES string of the molecule is O=C(Cc1cccs1)N1CCN(S(=O)(=O)c2ccc(Cl)s2)CC1. The molecule has 23 heavy (non-hydrogen) atoms. The van der Waals surface area contributed by atoms with Gasteiger partial charge in [-0.1, -0.05) is 17.7 Å². The van der Waals surface area contributed by atoms with Gasteiger partial charge in [-0.15, -0.1) is 22.7 Å². The van der Waals surface area contributed by atoms with Gasteiger partial charge in [-0.05, 0) is 23.6 Å². The van der Waals surface area contributed by atoms with Gasteiger partial charge in [0.1, 0.15) is 4.21 Å². The first-order chi connectivity index (χ1) is 11.0. The second-order valence-electron chi connectivity index (χ2n) is 5.10. The summed E-state index contributed by atoms with van der Waals surface area (Å²) in [4.78, 5) is 15.0. The van der Waals surface area contributed by atoms with Crippen molar-refractivity contribution < 1.29 is 13.2 Å².